The minimum absolute atomic E-state index is 0.0150. The van der Waals surface area contributed by atoms with Gasteiger partial charge in [0, 0.05) is 17.4 Å². The van der Waals surface area contributed by atoms with E-state index in [1.54, 1.807) is 0 Å². The van der Waals surface area contributed by atoms with E-state index in [1.165, 1.54) is 16.7 Å². The van der Waals surface area contributed by atoms with Gasteiger partial charge in [-0.1, -0.05) is 29.4 Å². The summed E-state index contributed by atoms with van der Waals surface area (Å²) in [6.45, 7) is 8.29. The van der Waals surface area contributed by atoms with Gasteiger partial charge in [-0.05, 0) is 33.1 Å². The van der Waals surface area contributed by atoms with E-state index in [-0.39, 0.29) is 18.0 Å². The molecule has 0 radical (unpaired) electrons. The Morgan fingerprint density at radius 2 is 2.18 bits per heavy atom. The minimum atomic E-state index is -0.182. The van der Waals surface area contributed by atoms with Crippen molar-refractivity contribution in [1.82, 2.24) is 0 Å². The lowest BCUT2D eigenvalue weighted by Gasteiger charge is -2.24. The molecule has 0 N–H and O–H groups in total. The van der Waals surface area contributed by atoms with Crippen LogP contribution in [0.2, 0.25) is 0 Å². The molecule has 1 fully saturated rings. The second-order valence-corrected chi connectivity index (χ2v) is 5.48. The van der Waals surface area contributed by atoms with Crippen molar-refractivity contribution in [2.24, 2.45) is 11.8 Å². The van der Waals surface area contributed by atoms with Gasteiger partial charge in [0.25, 0.3) is 0 Å². The van der Waals surface area contributed by atoms with Crippen molar-refractivity contribution in [3.8, 4) is 0 Å². The van der Waals surface area contributed by atoms with E-state index in [4.69, 9.17) is 4.74 Å². The second kappa shape index (κ2) is 3.59. The molecule has 0 amide bonds. The highest BCUT2D eigenvalue weighted by Crippen LogP contribution is 2.48. The van der Waals surface area contributed by atoms with Gasteiger partial charge in [-0.25, -0.2) is 4.79 Å². The van der Waals surface area contributed by atoms with E-state index in [0.717, 1.165) is 19.3 Å². The maximum Gasteiger partial charge on any atom is 0.334 e. The molecule has 0 aromatic heterocycles. The first-order valence-electron chi connectivity index (χ1n) is 6.34. The highest BCUT2D eigenvalue weighted by molar-refractivity contribution is 5.91. The normalized spacial score (nSPS) is 36.4. The zero-order valence-electron chi connectivity index (χ0n) is 10.5. The first-order valence-corrected chi connectivity index (χ1v) is 6.34. The lowest BCUT2D eigenvalue weighted by Crippen LogP contribution is -2.26. The van der Waals surface area contributed by atoms with E-state index < -0.39 is 0 Å². The predicted molar refractivity (Wildman–Crippen MR) is 66.3 cm³/mol. The van der Waals surface area contributed by atoms with Crippen LogP contribution < -0.4 is 0 Å². The fourth-order valence-corrected chi connectivity index (χ4v) is 3.50. The Bertz CT molecular complexity index is 467. The average molecular weight is 230 g/mol. The average Bonchev–Trinajstić information content (AvgIpc) is 2.75. The van der Waals surface area contributed by atoms with Crippen LogP contribution in [0.25, 0.3) is 0 Å². The Balaban J connectivity index is 2.04. The molecule has 1 heterocycles. The number of hydrogen-bond donors (Lipinski definition) is 0. The molecule has 1 saturated heterocycles. The SMILES string of the molecule is C=C1C(=O)O[C@@H]2[C@H]3C(C)=CCC3=C(C)CC[C@@H]12. The third kappa shape index (κ3) is 1.43. The summed E-state index contributed by atoms with van der Waals surface area (Å²) in [6.07, 6.45) is 5.41. The number of rotatable bonds is 0. The number of ether oxygens (including phenoxy) is 1. The van der Waals surface area contributed by atoms with Crippen molar-refractivity contribution in [1.29, 1.82) is 0 Å². The van der Waals surface area contributed by atoms with Crippen LogP contribution in [0.4, 0.5) is 0 Å². The molecular formula is C15H18O2. The molecule has 90 valence electrons. The molecular weight excluding hydrogens is 212 g/mol. The van der Waals surface area contributed by atoms with Crippen molar-refractivity contribution in [2.75, 3.05) is 0 Å². The summed E-state index contributed by atoms with van der Waals surface area (Å²) in [5, 5.41) is 0. The fraction of sp³-hybridized carbons (Fsp3) is 0.533. The fourth-order valence-electron chi connectivity index (χ4n) is 3.50. The minimum Gasteiger partial charge on any atom is -0.457 e. The summed E-state index contributed by atoms with van der Waals surface area (Å²) >= 11 is 0. The van der Waals surface area contributed by atoms with E-state index in [9.17, 15) is 4.79 Å². The van der Waals surface area contributed by atoms with E-state index in [2.05, 4.69) is 26.5 Å². The van der Waals surface area contributed by atoms with Crippen LogP contribution in [-0.4, -0.2) is 12.1 Å². The van der Waals surface area contributed by atoms with Crippen LogP contribution in [0, 0.1) is 11.8 Å². The molecule has 0 bridgehead atoms. The monoisotopic (exact) mass is 230 g/mol. The van der Waals surface area contributed by atoms with Gasteiger partial charge < -0.3 is 4.74 Å². The van der Waals surface area contributed by atoms with Gasteiger partial charge in [0.15, 0.2) is 0 Å². The molecule has 2 heteroatoms. The van der Waals surface area contributed by atoms with Crippen LogP contribution in [0.15, 0.2) is 34.9 Å². The summed E-state index contributed by atoms with van der Waals surface area (Å²) in [5.41, 5.74) is 5.02. The van der Waals surface area contributed by atoms with Gasteiger partial charge in [0.1, 0.15) is 6.10 Å². The molecule has 0 unspecified atom stereocenters. The van der Waals surface area contributed by atoms with Gasteiger partial charge >= 0.3 is 5.97 Å². The highest BCUT2D eigenvalue weighted by Gasteiger charge is 2.47. The standard InChI is InChI=1S/C15H18O2/c1-8-4-7-12-10(3)15(16)17-14(12)13-9(2)5-6-11(8)13/h5,12-14H,3-4,6-7H2,1-2H3/t12-,13-,14-/m0/s1. The third-order valence-corrected chi connectivity index (χ3v) is 4.57. The van der Waals surface area contributed by atoms with Crippen molar-refractivity contribution >= 4 is 5.97 Å². The van der Waals surface area contributed by atoms with Gasteiger partial charge in [0.05, 0.1) is 0 Å². The van der Waals surface area contributed by atoms with Gasteiger partial charge in [-0.3, -0.25) is 0 Å². The van der Waals surface area contributed by atoms with Gasteiger partial charge in [-0.15, -0.1) is 0 Å². The van der Waals surface area contributed by atoms with E-state index in [0.29, 0.717) is 11.5 Å². The number of esters is 1. The summed E-state index contributed by atoms with van der Waals surface area (Å²) in [7, 11) is 0. The van der Waals surface area contributed by atoms with Gasteiger partial charge in [-0.2, -0.15) is 0 Å². The molecule has 3 atom stereocenters. The number of fused-ring (bicyclic) bond motifs is 3. The van der Waals surface area contributed by atoms with Crippen LogP contribution in [0.5, 0.6) is 0 Å². The third-order valence-electron chi connectivity index (χ3n) is 4.57. The van der Waals surface area contributed by atoms with Crippen molar-refractivity contribution in [3.63, 3.8) is 0 Å². The van der Waals surface area contributed by atoms with Gasteiger partial charge in [0.2, 0.25) is 0 Å². The number of carbonyl (C=O) groups is 1. The smallest absolute Gasteiger partial charge is 0.334 e. The molecule has 3 aliphatic rings. The summed E-state index contributed by atoms with van der Waals surface area (Å²) in [5.74, 6) is 0.366. The van der Waals surface area contributed by atoms with Crippen LogP contribution >= 0.6 is 0 Å². The predicted octanol–water partition coefficient (Wildman–Crippen LogP) is 3.16. The summed E-state index contributed by atoms with van der Waals surface area (Å²) in [4.78, 5) is 11.7. The Labute approximate surface area is 102 Å². The molecule has 17 heavy (non-hydrogen) atoms. The van der Waals surface area contributed by atoms with E-state index >= 15 is 0 Å². The first-order chi connectivity index (χ1) is 8.09. The van der Waals surface area contributed by atoms with Crippen molar-refractivity contribution in [2.45, 2.75) is 39.2 Å². The molecule has 0 aromatic carbocycles. The number of hydrogen-bond acceptors (Lipinski definition) is 2. The maximum absolute atomic E-state index is 11.7. The summed E-state index contributed by atoms with van der Waals surface area (Å²) in [6, 6.07) is 0. The Morgan fingerprint density at radius 3 is 2.94 bits per heavy atom. The second-order valence-electron chi connectivity index (χ2n) is 5.48. The lowest BCUT2D eigenvalue weighted by atomic mass is 9.83. The number of allylic oxidation sites excluding steroid dienone is 2. The number of carbonyl (C=O) groups excluding carboxylic acids is 1. The zero-order chi connectivity index (χ0) is 12.2. The van der Waals surface area contributed by atoms with Crippen LogP contribution in [0.3, 0.4) is 0 Å². The highest BCUT2D eigenvalue weighted by atomic mass is 16.6. The van der Waals surface area contributed by atoms with Crippen molar-refractivity contribution in [3.05, 3.63) is 34.9 Å². The Kier molecular flexibility index (Phi) is 2.29. The van der Waals surface area contributed by atoms with Crippen LogP contribution in [-0.2, 0) is 9.53 Å². The van der Waals surface area contributed by atoms with Crippen LogP contribution in [0.1, 0.15) is 33.1 Å². The Hall–Kier alpha value is -1.31. The summed E-state index contributed by atoms with van der Waals surface area (Å²) < 4.78 is 5.58. The largest absolute Gasteiger partial charge is 0.457 e. The topological polar surface area (TPSA) is 26.3 Å². The maximum atomic E-state index is 11.7. The quantitative estimate of drug-likeness (QED) is 0.363. The molecule has 0 spiro atoms. The zero-order valence-corrected chi connectivity index (χ0v) is 10.5. The molecule has 2 aliphatic carbocycles. The Morgan fingerprint density at radius 1 is 1.41 bits per heavy atom. The van der Waals surface area contributed by atoms with E-state index in [1.807, 2.05) is 0 Å². The molecule has 2 nitrogen and oxygen atoms in total. The molecule has 0 saturated carbocycles. The molecule has 0 aromatic rings. The molecule has 1 aliphatic heterocycles. The van der Waals surface area contributed by atoms with Crippen molar-refractivity contribution < 1.29 is 9.53 Å². The lowest BCUT2D eigenvalue weighted by molar-refractivity contribution is -0.140. The molecule has 3 rings (SSSR count). The first kappa shape index (κ1) is 10.8.